The summed E-state index contributed by atoms with van der Waals surface area (Å²) < 4.78 is 37.9. The number of hydrogen-bond acceptors (Lipinski definition) is 5. The number of hydrogen-bond donors (Lipinski definition) is 1. The molecule has 0 atom stereocenters. The number of rotatable bonds is 7. The molecule has 0 aliphatic heterocycles. The average molecular weight is 414 g/mol. The van der Waals surface area contributed by atoms with Crippen molar-refractivity contribution in [3.05, 3.63) is 93.5 Å². The van der Waals surface area contributed by atoms with Crippen molar-refractivity contribution in [2.24, 2.45) is 0 Å². The van der Waals surface area contributed by atoms with E-state index in [2.05, 4.69) is 5.32 Å². The molecule has 1 N–H and O–H groups in total. The van der Waals surface area contributed by atoms with Crippen molar-refractivity contribution < 1.29 is 28.0 Å². The summed E-state index contributed by atoms with van der Waals surface area (Å²) in [7, 11) is 1.36. The second-order valence-corrected chi connectivity index (χ2v) is 6.16. The van der Waals surface area contributed by atoms with Gasteiger partial charge in [-0.25, -0.2) is 8.78 Å². The molecule has 0 aliphatic carbocycles. The summed E-state index contributed by atoms with van der Waals surface area (Å²) in [6.45, 7) is -0.0452. The van der Waals surface area contributed by atoms with Crippen molar-refractivity contribution in [3.63, 3.8) is 0 Å². The molecule has 3 aromatic rings. The zero-order valence-electron chi connectivity index (χ0n) is 15.7. The minimum atomic E-state index is -0.798. The zero-order valence-corrected chi connectivity index (χ0v) is 15.7. The van der Waals surface area contributed by atoms with Crippen LogP contribution in [-0.2, 0) is 6.61 Å². The Labute approximate surface area is 170 Å². The lowest BCUT2D eigenvalue weighted by Crippen LogP contribution is -2.14. The topological polar surface area (TPSA) is 90.7 Å². The highest BCUT2D eigenvalue weighted by molar-refractivity contribution is 6.07. The number of nitrogens with zero attached hydrogens (tertiary/aromatic N) is 1. The fourth-order valence-electron chi connectivity index (χ4n) is 2.67. The minimum Gasteiger partial charge on any atom is -0.497 e. The first kappa shape index (κ1) is 20.7. The van der Waals surface area contributed by atoms with Gasteiger partial charge in [0.25, 0.3) is 11.6 Å². The Morgan fingerprint density at radius 2 is 1.90 bits per heavy atom. The minimum absolute atomic E-state index is 0.0452. The van der Waals surface area contributed by atoms with E-state index in [9.17, 15) is 23.7 Å². The number of nitro benzene ring substituents is 1. The maximum absolute atomic E-state index is 14.3. The highest BCUT2D eigenvalue weighted by Crippen LogP contribution is 2.27. The van der Waals surface area contributed by atoms with E-state index in [0.29, 0.717) is 5.56 Å². The molecule has 0 spiro atoms. The molecule has 9 heteroatoms. The lowest BCUT2D eigenvalue weighted by Gasteiger charge is -2.10. The van der Waals surface area contributed by atoms with Crippen LogP contribution in [-0.4, -0.2) is 17.9 Å². The number of methoxy groups -OCH3 is 1. The van der Waals surface area contributed by atoms with Crippen molar-refractivity contribution in [2.75, 3.05) is 12.4 Å². The van der Waals surface area contributed by atoms with Gasteiger partial charge in [0.15, 0.2) is 11.6 Å². The summed E-state index contributed by atoms with van der Waals surface area (Å²) in [6.07, 6.45) is 0. The number of halogens is 2. The summed E-state index contributed by atoms with van der Waals surface area (Å²) in [6, 6.07) is 13.1. The number of benzene rings is 3. The van der Waals surface area contributed by atoms with E-state index in [0.717, 1.165) is 12.1 Å². The van der Waals surface area contributed by atoms with Gasteiger partial charge in [-0.1, -0.05) is 12.1 Å². The second-order valence-electron chi connectivity index (χ2n) is 6.16. The van der Waals surface area contributed by atoms with Gasteiger partial charge in [-0.3, -0.25) is 14.9 Å². The van der Waals surface area contributed by atoms with Crippen LogP contribution in [0.15, 0.2) is 60.7 Å². The molecular formula is C21H16F2N2O5. The average Bonchev–Trinajstić information content (AvgIpc) is 2.72. The van der Waals surface area contributed by atoms with E-state index in [1.807, 2.05) is 0 Å². The number of ether oxygens (including phenoxy) is 2. The predicted molar refractivity (Wildman–Crippen MR) is 105 cm³/mol. The first-order chi connectivity index (χ1) is 14.4. The molecule has 3 aromatic carbocycles. The third kappa shape index (κ3) is 4.88. The third-order valence-corrected chi connectivity index (χ3v) is 4.12. The number of nitro groups is 1. The van der Waals surface area contributed by atoms with Crippen LogP contribution in [0.5, 0.6) is 11.5 Å². The van der Waals surface area contributed by atoms with Crippen LogP contribution in [0, 0.1) is 21.7 Å². The van der Waals surface area contributed by atoms with Gasteiger partial charge in [-0.2, -0.15) is 0 Å². The Bertz CT molecular complexity index is 1100. The summed E-state index contributed by atoms with van der Waals surface area (Å²) in [4.78, 5) is 23.0. The maximum Gasteiger partial charge on any atom is 0.282 e. The highest BCUT2D eigenvalue weighted by Gasteiger charge is 2.21. The SMILES string of the molecule is COc1ccc([N+](=O)[O-])c(C(=O)Nc2ccc(OCc3cccc(F)c3)c(F)c2)c1. The van der Waals surface area contributed by atoms with Crippen molar-refractivity contribution in [2.45, 2.75) is 6.61 Å². The fraction of sp³-hybridized carbons (Fsp3) is 0.0952. The number of amides is 1. The zero-order chi connectivity index (χ0) is 21.7. The van der Waals surface area contributed by atoms with Gasteiger partial charge in [0.1, 0.15) is 23.7 Å². The fourth-order valence-corrected chi connectivity index (χ4v) is 2.67. The van der Waals surface area contributed by atoms with Crippen molar-refractivity contribution >= 4 is 17.3 Å². The van der Waals surface area contributed by atoms with Crippen LogP contribution in [0.3, 0.4) is 0 Å². The van der Waals surface area contributed by atoms with E-state index in [1.54, 1.807) is 6.07 Å². The first-order valence-electron chi connectivity index (χ1n) is 8.68. The van der Waals surface area contributed by atoms with Gasteiger partial charge in [0.05, 0.1) is 12.0 Å². The molecule has 0 fully saturated rings. The molecule has 0 saturated carbocycles. The second kappa shape index (κ2) is 8.99. The third-order valence-electron chi connectivity index (χ3n) is 4.12. The first-order valence-corrected chi connectivity index (χ1v) is 8.68. The van der Waals surface area contributed by atoms with Crippen molar-refractivity contribution in [1.82, 2.24) is 0 Å². The number of nitrogens with one attached hydrogen (secondary N) is 1. The maximum atomic E-state index is 14.3. The van der Waals surface area contributed by atoms with E-state index in [-0.39, 0.29) is 29.4 Å². The normalized spacial score (nSPS) is 10.4. The number of carbonyl (C=O) groups is 1. The molecule has 0 aromatic heterocycles. The van der Waals surface area contributed by atoms with Crippen LogP contribution in [0.1, 0.15) is 15.9 Å². The van der Waals surface area contributed by atoms with Crippen LogP contribution < -0.4 is 14.8 Å². The van der Waals surface area contributed by atoms with Gasteiger partial charge >= 0.3 is 0 Å². The molecule has 1 amide bonds. The molecule has 0 bridgehead atoms. The standard InChI is InChI=1S/C21H16F2N2O5/c1-29-16-6-7-19(25(27)28)17(11-16)21(26)24-15-5-8-20(18(23)10-15)30-12-13-3-2-4-14(22)9-13/h2-11H,12H2,1H3,(H,24,26). The van der Waals surface area contributed by atoms with Crippen molar-refractivity contribution in [1.29, 1.82) is 0 Å². The molecule has 7 nitrogen and oxygen atoms in total. The van der Waals surface area contributed by atoms with E-state index in [1.165, 1.54) is 49.6 Å². The quantitative estimate of drug-likeness (QED) is 0.447. The van der Waals surface area contributed by atoms with Gasteiger partial charge in [0.2, 0.25) is 0 Å². The van der Waals surface area contributed by atoms with Crippen LogP contribution >= 0.6 is 0 Å². The van der Waals surface area contributed by atoms with Gasteiger partial charge in [-0.15, -0.1) is 0 Å². The molecule has 0 radical (unpaired) electrons. The van der Waals surface area contributed by atoms with Gasteiger partial charge in [-0.05, 0) is 42.0 Å². The highest BCUT2D eigenvalue weighted by atomic mass is 19.1. The lowest BCUT2D eigenvalue weighted by molar-refractivity contribution is -0.385. The van der Waals surface area contributed by atoms with Crippen molar-refractivity contribution in [3.8, 4) is 11.5 Å². The Kier molecular flexibility index (Phi) is 6.21. The lowest BCUT2D eigenvalue weighted by atomic mass is 10.1. The number of carbonyl (C=O) groups excluding carboxylic acids is 1. The Morgan fingerprint density at radius 3 is 2.57 bits per heavy atom. The van der Waals surface area contributed by atoms with Crippen LogP contribution in [0.2, 0.25) is 0 Å². The number of anilines is 1. The predicted octanol–water partition coefficient (Wildman–Crippen LogP) is 4.71. The summed E-state index contributed by atoms with van der Waals surface area (Å²) >= 11 is 0. The molecular weight excluding hydrogens is 398 g/mol. The molecule has 0 unspecified atom stereocenters. The van der Waals surface area contributed by atoms with E-state index >= 15 is 0 Å². The van der Waals surface area contributed by atoms with Crippen LogP contribution in [0.4, 0.5) is 20.2 Å². The molecule has 0 saturated heterocycles. The molecule has 0 heterocycles. The summed E-state index contributed by atoms with van der Waals surface area (Å²) in [5, 5.41) is 13.6. The Hall–Kier alpha value is -4.01. The molecule has 3 rings (SSSR count). The van der Waals surface area contributed by atoms with E-state index < -0.39 is 28.2 Å². The smallest absolute Gasteiger partial charge is 0.282 e. The van der Waals surface area contributed by atoms with Crippen LogP contribution in [0.25, 0.3) is 0 Å². The Morgan fingerprint density at radius 1 is 1.10 bits per heavy atom. The molecule has 30 heavy (non-hydrogen) atoms. The van der Waals surface area contributed by atoms with Gasteiger partial charge in [0, 0.05) is 17.8 Å². The summed E-state index contributed by atoms with van der Waals surface area (Å²) in [5.41, 5.74) is -0.0418. The molecule has 154 valence electrons. The monoisotopic (exact) mass is 414 g/mol. The van der Waals surface area contributed by atoms with Gasteiger partial charge < -0.3 is 14.8 Å². The Balaban J connectivity index is 1.74. The van der Waals surface area contributed by atoms with E-state index in [4.69, 9.17) is 9.47 Å². The largest absolute Gasteiger partial charge is 0.497 e. The summed E-state index contributed by atoms with van der Waals surface area (Å²) in [5.74, 6) is -1.82. The molecule has 0 aliphatic rings.